The Hall–Kier alpha value is -3.40. The molecule has 0 saturated carbocycles. The molecule has 5 rings (SSSR count). The minimum Gasteiger partial charge on any atom is -0.469 e. The Labute approximate surface area is 182 Å². The molecule has 2 atom stereocenters. The van der Waals surface area contributed by atoms with Crippen molar-refractivity contribution in [2.24, 2.45) is 0 Å². The minimum atomic E-state index is -0.317. The molecule has 1 amide bonds. The lowest BCUT2D eigenvalue weighted by Gasteiger charge is -2.40. The molecule has 0 N–H and O–H groups in total. The van der Waals surface area contributed by atoms with E-state index in [4.69, 9.17) is 4.42 Å². The number of anilines is 1. The monoisotopic (exact) mass is 411 g/mol. The van der Waals surface area contributed by atoms with E-state index in [0.717, 1.165) is 33.6 Å². The fraction of sp³-hybridized carbons (Fsp3) is 0.259. The summed E-state index contributed by atoms with van der Waals surface area (Å²) in [5.74, 6) is 0.553. The van der Waals surface area contributed by atoms with Crippen LogP contribution in [0.5, 0.6) is 0 Å². The predicted octanol–water partition coefficient (Wildman–Crippen LogP) is 5.82. The van der Waals surface area contributed by atoms with Gasteiger partial charge in [-0.05, 0) is 55.0 Å². The van der Waals surface area contributed by atoms with E-state index >= 15 is 0 Å². The van der Waals surface area contributed by atoms with Crippen LogP contribution in [0.2, 0.25) is 0 Å². The number of amides is 1. The molecule has 0 bridgehead atoms. The van der Waals surface area contributed by atoms with E-state index < -0.39 is 0 Å². The summed E-state index contributed by atoms with van der Waals surface area (Å²) in [5, 5.41) is 0. The lowest BCUT2D eigenvalue weighted by atomic mass is 9.74. The predicted molar refractivity (Wildman–Crippen MR) is 120 cm³/mol. The van der Waals surface area contributed by atoms with Crippen LogP contribution in [0.15, 0.2) is 82.6 Å². The van der Waals surface area contributed by atoms with Gasteiger partial charge in [0.05, 0.1) is 17.9 Å². The van der Waals surface area contributed by atoms with Crippen molar-refractivity contribution in [1.29, 1.82) is 0 Å². The lowest BCUT2D eigenvalue weighted by molar-refractivity contribution is -0.120. The third kappa shape index (κ3) is 3.32. The maximum absolute atomic E-state index is 13.5. The summed E-state index contributed by atoms with van der Waals surface area (Å²) in [6.45, 7) is 4.04. The quantitative estimate of drug-likeness (QED) is 0.546. The number of aryl methyl sites for hydroxylation is 2. The molecule has 2 heterocycles. The molecule has 4 nitrogen and oxygen atoms in total. The number of nitrogens with zero attached hydrogens (tertiary/aromatic N) is 1. The van der Waals surface area contributed by atoms with Crippen molar-refractivity contribution >= 4 is 17.4 Å². The summed E-state index contributed by atoms with van der Waals surface area (Å²) in [4.78, 5) is 28.9. The van der Waals surface area contributed by atoms with E-state index in [1.807, 2.05) is 67.3 Å². The van der Waals surface area contributed by atoms with Crippen LogP contribution in [0.1, 0.15) is 53.5 Å². The topological polar surface area (TPSA) is 50.5 Å². The van der Waals surface area contributed by atoms with Crippen LogP contribution in [0.3, 0.4) is 0 Å². The molecule has 0 spiro atoms. The molecule has 0 saturated heterocycles. The Balaban J connectivity index is 1.69. The zero-order valence-electron chi connectivity index (χ0n) is 17.8. The Morgan fingerprint density at radius 3 is 2.26 bits per heavy atom. The number of carbonyl (C=O) groups is 2. The van der Waals surface area contributed by atoms with Gasteiger partial charge in [0.25, 0.3) is 0 Å². The van der Waals surface area contributed by atoms with Gasteiger partial charge in [-0.1, -0.05) is 48.5 Å². The van der Waals surface area contributed by atoms with Gasteiger partial charge in [0.2, 0.25) is 5.91 Å². The SMILES string of the molecule is Cc1cccc(C)c1N1C(=O)CC(c2ccco2)C2=C1CC(c1ccccc1)CC2=O. The molecular weight excluding hydrogens is 386 g/mol. The summed E-state index contributed by atoms with van der Waals surface area (Å²) in [6.07, 6.45) is 2.95. The Bertz CT molecular complexity index is 1150. The third-order valence-electron chi connectivity index (χ3n) is 6.55. The van der Waals surface area contributed by atoms with Crippen LogP contribution >= 0.6 is 0 Å². The summed E-state index contributed by atoms with van der Waals surface area (Å²) >= 11 is 0. The number of Topliss-reactive ketones (excluding diaryl/α,β-unsaturated/α-hetero) is 1. The van der Waals surface area contributed by atoms with Gasteiger partial charge < -0.3 is 4.42 Å². The summed E-state index contributed by atoms with van der Waals surface area (Å²) in [6, 6.07) is 19.9. The van der Waals surface area contributed by atoms with Crippen molar-refractivity contribution in [3.05, 3.63) is 101 Å². The maximum atomic E-state index is 13.5. The zero-order valence-corrected chi connectivity index (χ0v) is 17.8. The van der Waals surface area contributed by atoms with Gasteiger partial charge in [-0.15, -0.1) is 0 Å². The molecule has 0 fully saturated rings. The Kier molecular flexibility index (Phi) is 4.85. The highest BCUT2D eigenvalue weighted by Gasteiger charge is 2.43. The molecule has 3 aromatic rings. The van der Waals surface area contributed by atoms with Gasteiger partial charge in [-0.25, -0.2) is 0 Å². The van der Waals surface area contributed by atoms with E-state index in [0.29, 0.717) is 18.6 Å². The molecule has 1 aromatic heterocycles. The van der Waals surface area contributed by atoms with Crippen molar-refractivity contribution in [3.63, 3.8) is 0 Å². The van der Waals surface area contributed by atoms with Crippen LogP contribution < -0.4 is 4.90 Å². The lowest BCUT2D eigenvalue weighted by Crippen LogP contribution is -2.42. The molecule has 156 valence electrons. The Morgan fingerprint density at radius 2 is 1.58 bits per heavy atom. The number of hydrogen-bond acceptors (Lipinski definition) is 3. The fourth-order valence-corrected chi connectivity index (χ4v) is 5.15. The highest BCUT2D eigenvalue weighted by Crippen LogP contribution is 2.47. The van der Waals surface area contributed by atoms with Gasteiger partial charge in [0.15, 0.2) is 5.78 Å². The standard InChI is InChI=1S/C27H25NO3/c1-17-8-6-9-18(2)27(17)28-22-14-20(19-10-4-3-5-11-19)15-23(29)26(22)21(16-25(28)30)24-12-7-13-31-24/h3-13,20-21H,14-16H2,1-2H3. The normalized spacial score (nSPS) is 21.4. The van der Waals surface area contributed by atoms with Crippen molar-refractivity contribution < 1.29 is 14.0 Å². The number of para-hydroxylation sites is 1. The van der Waals surface area contributed by atoms with Gasteiger partial charge in [-0.2, -0.15) is 0 Å². The molecule has 1 aliphatic carbocycles. The second kappa shape index (κ2) is 7.69. The number of furan rings is 1. The average molecular weight is 412 g/mol. The van der Waals surface area contributed by atoms with Crippen molar-refractivity contribution in [3.8, 4) is 0 Å². The second-order valence-corrected chi connectivity index (χ2v) is 8.54. The summed E-state index contributed by atoms with van der Waals surface area (Å²) < 4.78 is 5.66. The number of benzene rings is 2. The number of allylic oxidation sites excluding steroid dienone is 2. The molecule has 1 aliphatic heterocycles. The summed E-state index contributed by atoms with van der Waals surface area (Å²) in [7, 11) is 0. The van der Waals surface area contributed by atoms with Gasteiger partial charge in [0.1, 0.15) is 5.76 Å². The largest absolute Gasteiger partial charge is 0.469 e. The van der Waals surface area contributed by atoms with Crippen LogP contribution in [0.4, 0.5) is 5.69 Å². The first-order chi connectivity index (χ1) is 15.0. The van der Waals surface area contributed by atoms with Gasteiger partial charge in [0, 0.05) is 24.1 Å². The van der Waals surface area contributed by atoms with Crippen LogP contribution in [-0.4, -0.2) is 11.7 Å². The molecule has 2 aliphatic rings. The van der Waals surface area contributed by atoms with E-state index in [-0.39, 0.29) is 29.9 Å². The number of rotatable bonds is 3. The minimum absolute atomic E-state index is 0.0130. The van der Waals surface area contributed by atoms with E-state index in [9.17, 15) is 9.59 Å². The third-order valence-corrected chi connectivity index (χ3v) is 6.55. The van der Waals surface area contributed by atoms with Crippen molar-refractivity contribution in [2.45, 2.75) is 44.9 Å². The smallest absolute Gasteiger partial charge is 0.232 e. The van der Waals surface area contributed by atoms with Crippen LogP contribution in [-0.2, 0) is 9.59 Å². The summed E-state index contributed by atoms with van der Waals surface area (Å²) in [5.41, 5.74) is 5.68. The highest BCUT2D eigenvalue weighted by molar-refractivity contribution is 6.08. The van der Waals surface area contributed by atoms with Crippen molar-refractivity contribution in [1.82, 2.24) is 0 Å². The van der Waals surface area contributed by atoms with E-state index in [2.05, 4.69) is 12.1 Å². The van der Waals surface area contributed by atoms with E-state index in [1.54, 1.807) is 6.26 Å². The van der Waals surface area contributed by atoms with E-state index in [1.165, 1.54) is 0 Å². The van der Waals surface area contributed by atoms with Gasteiger partial charge >= 0.3 is 0 Å². The highest BCUT2D eigenvalue weighted by atomic mass is 16.3. The number of carbonyl (C=O) groups excluding carboxylic acids is 2. The first-order valence-electron chi connectivity index (χ1n) is 10.8. The number of ketones is 1. The molecular formula is C27H25NO3. The molecule has 2 unspecified atom stereocenters. The van der Waals surface area contributed by atoms with Crippen LogP contribution in [0.25, 0.3) is 0 Å². The zero-order chi connectivity index (χ0) is 21.5. The Morgan fingerprint density at radius 1 is 0.839 bits per heavy atom. The molecule has 2 aromatic carbocycles. The fourth-order valence-electron chi connectivity index (χ4n) is 5.15. The number of hydrogen-bond donors (Lipinski definition) is 0. The van der Waals surface area contributed by atoms with Crippen LogP contribution in [0, 0.1) is 13.8 Å². The molecule has 31 heavy (non-hydrogen) atoms. The second-order valence-electron chi connectivity index (χ2n) is 8.54. The average Bonchev–Trinajstić information content (AvgIpc) is 3.30. The molecule has 4 heteroatoms. The molecule has 0 radical (unpaired) electrons. The maximum Gasteiger partial charge on any atom is 0.232 e. The van der Waals surface area contributed by atoms with Gasteiger partial charge in [-0.3, -0.25) is 14.5 Å². The first-order valence-corrected chi connectivity index (χ1v) is 10.8. The first kappa shape index (κ1) is 19.6. The van der Waals surface area contributed by atoms with Crippen molar-refractivity contribution in [2.75, 3.05) is 4.90 Å².